The van der Waals surface area contributed by atoms with E-state index < -0.39 is 0 Å². The van der Waals surface area contributed by atoms with Crippen molar-refractivity contribution in [3.8, 4) is 10.6 Å². The van der Waals surface area contributed by atoms with Crippen LogP contribution in [0.15, 0.2) is 29.6 Å². The Kier molecular flexibility index (Phi) is 4.56. The molecule has 1 aromatic carbocycles. The summed E-state index contributed by atoms with van der Waals surface area (Å²) in [4.78, 5) is 24.9. The first-order chi connectivity index (χ1) is 12.1. The van der Waals surface area contributed by atoms with Gasteiger partial charge in [0.2, 0.25) is 0 Å². The van der Waals surface area contributed by atoms with E-state index in [0.29, 0.717) is 15.8 Å². The lowest BCUT2D eigenvalue weighted by Crippen LogP contribution is -2.25. The number of halogens is 1. The highest BCUT2D eigenvalue weighted by molar-refractivity contribution is 7.16. The third kappa shape index (κ3) is 3.59. The smallest absolute Gasteiger partial charge is 0.276 e. The van der Waals surface area contributed by atoms with Gasteiger partial charge in [0.25, 0.3) is 5.91 Å². The zero-order valence-corrected chi connectivity index (χ0v) is 15.8. The second kappa shape index (κ2) is 6.84. The van der Waals surface area contributed by atoms with Gasteiger partial charge < -0.3 is 4.90 Å². The van der Waals surface area contributed by atoms with E-state index in [2.05, 4.69) is 27.2 Å². The monoisotopic (exact) mass is 390 g/mol. The van der Waals surface area contributed by atoms with Crippen molar-refractivity contribution in [2.24, 2.45) is 0 Å². The summed E-state index contributed by atoms with van der Waals surface area (Å²) in [6.45, 7) is 1.89. The molecule has 8 heteroatoms. The summed E-state index contributed by atoms with van der Waals surface area (Å²) in [6, 6.07) is 7.42. The zero-order valence-electron chi connectivity index (χ0n) is 13.5. The highest BCUT2D eigenvalue weighted by Gasteiger charge is 2.20. The van der Waals surface area contributed by atoms with Gasteiger partial charge in [-0.05, 0) is 19.2 Å². The number of hydrogen-bond acceptors (Lipinski definition) is 6. The maximum Gasteiger partial charge on any atom is 0.276 e. The third-order valence-corrected chi connectivity index (χ3v) is 6.11. The van der Waals surface area contributed by atoms with E-state index in [1.807, 2.05) is 24.3 Å². The number of likely N-dealkylation sites (N-methyl/N-ethyl adjacent to an activating group) is 1. The summed E-state index contributed by atoms with van der Waals surface area (Å²) >= 11 is 8.89. The number of benzene rings is 1. The molecule has 25 heavy (non-hydrogen) atoms. The van der Waals surface area contributed by atoms with Crippen LogP contribution >= 0.6 is 34.3 Å². The summed E-state index contributed by atoms with van der Waals surface area (Å²) in [6.07, 6.45) is 0.926. The lowest BCUT2D eigenvalue weighted by molar-refractivity contribution is 0.102. The molecule has 1 N–H and O–H groups in total. The van der Waals surface area contributed by atoms with Crippen molar-refractivity contribution in [1.29, 1.82) is 0 Å². The van der Waals surface area contributed by atoms with E-state index >= 15 is 0 Å². The van der Waals surface area contributed by atoms with Gasteiger partial charge in [0.1, 0.15) is 10.7 Å². The molecule has 0 fully saturated rings. The average Bonchev–Trinajstić information content (AvgIpc) is 3.21. The number of nitrogens with zero attached hydrogens (tertiary/aromatic N) is 3. The molecular formula is C17H15ClN4OS2. The van der Waals surface area contributed by atoms with Crippen LogP contribution in [0.2, 0.25) is 5.02 Å². The number of hydrogen-bond donors (Lipinski definition) is 1. The molecule has 3 heterocycles. The van der Waals surface area contributed by atoms with E-state index in [-0.39, 0.29) is 5.91 Å². The molecule has 4 rings (SSSR count). The van der Waals surface area contributed by atoms with Crippen LogP contribution in [0.5, 0.6) is 0 Å². The molecule has 1 amide bonds. The maximum absolute atomic E-state index is 12.5. The summed E-state index contributed by atoms with van der Waals surface area (Å²) in [5.41, 5.74) is 2.44. The molecule has 0 unspecified atom stereocenters. The van der Waals surface area contributed by atoms with Gasteiger partial charge in [-0.2, -0.15) is 0 Å². The molecule has 3 aromatic rings. The lowest BCUT2D eigenvalue weighted by Gasteiger charge is -2.20. The molecule has 1 aliphatic heterocycles. The van der Waals surface area contributed by atoms with Crippen molar-refractivity contribution in [3.63, 3.8) is 0 Å². The number of thiazole rings is 2. The van der Waals surface area contributed by atoms with Gasteiger partial charge in [-0.25, -0.2) is 9.97 Å². The summed E-state index contributed by atoms with van der Waals surface area (Å²) in [7, 11) is 2.09. The number of fused-ring (bicyclic) bond motifs is 1. The van der Waals surface area contributed by atoms with Crippen LogP contribution in [-0.4, -0.2) is 34.4 Å². The fourth-order valence-electron chi connectivity index (χ4n) is 2.64. The predicted molar refractivity (Wildman–Crippen MR) is 103 cm³/mol. The fraction of sp³-hybridized carbons (Fsp3) is 0.235. The summed E-state index contributed by atoms with van der Waals surface area (Å²) in [5, 5.41) is 6.76. The molecule has 0 saturated carbocycles. The molecule has 0 spiro atoms. The summed E-state index contributed by atoms with van der Waals surface area (Å²) in [5.74, 6) is -0.226. The molecule has 0 radical (unpaired) electrons. The molecule has 0 atom stereocenters. The van der Waals surface area contributed by atoms with Crippen molar-refractivity contribution < 1.29 is 4.79 Å². The standard InChI is InChI=1S/C17H15ClN4OS2/c1-22-7-6-12-14(8-22)25-17(20-12)21-15(23)13-9-24-16(19-13)10-2-4-11(18)5-3-10/h2-5,9H,6-8H2,1H3,(H,20,21,23). The molecule has 0 bridgehead atoms. The lowest BCUT2D eigenvalue weighted by atomic mass is 10.2. The first-order valence-corrected chi connectivity index (χ1v) is 9.86. The van der Waals surface area contributed by atoms with Crippen LogP contribution in [0.4, 0.5) is 5.13 Å². The Morgan fingerprint density at radius 3 is 2.88 bits per heavy atom. The largest absolute Gasteiger partial charge is 0.301 e. The Morgan fingerprint density at radius 2 is 2.08 bits per heavy atom. The van der Waals surface area contributed by atoms with Gasteiger partial charge in [-0.1, -0.05) is 23.7 Å². The second-order valence-electron chi connectivity index (χ2n) is 5.88. The molecule has 0 aliphatic carbocycles. The third-order valence-electron chi connectivity index (χ3n) is 3.97. The fourth-order valence-corrected chi connectivity index (χ4v) is 4.66. The number of amides is 1. The Hall–Kier alpha value is -1.80. The van der Waals surface area contributed by atoms with Gasteiger partial charge in [-0.3, -0.25) is 10.1 Å². The maximum atomic E-state index is 12.5. The van der Waals surface area contributed by atoms with E-state index in [9.17, 15) is 4.79 Å². The number of aromatic nitrogens is 2. The Morgan fingerprint density at radius 1 is 1.28 bits per heavy atom. The Labute approximate surface area is 158 Å². The average molecular weight is 391 g/mol. The van der Waals surface area contributed by atoms with E-state index in [4.69, 9.17) is 11.6 Å². The second-order valence-corrected chi connectivity index (χ2v) is 8.25. The van der Waals surface area contributed by atoms with Crippen molar-refractivity contribution in [1.82, 2.24) is 14.9 Å². The van der Waals surface area contributed by atoms with Gasteiger partial charge in [0.05, 0.1) is 5.69 Å². The Balaban J connectivity index is 1.49. The minimum Gasteiger partial charge on any atom is -0.301 e. The van der Waals surface area contributed by atoms with Crippen LogP contribution < -0.4 is 5.32 Å². The molecular weight excluding hydrogens is 376 g/mol. The van der Waals surface area contributed by atoms with Gasteiger partial charge in [-0.15, -0.1) is 22.7 Å². The number of rotatable bonds is 3. The van der Waals surface area contributed by atoms with Crippen LogP contribution in [-0.2, 0) is 13.0 Å². The van der Waals surface area contributed by atoms with Crippen molar-refractivity contribution in [3.05, 3.63) is 50.9 Å². The topological polar surface area (TPSA) is 58.1 Å². The van der Waals surface area contributed by atoms with Crippen LogP contribution in [0.25, 0.3) is 10.6 Å². The Bertz CT molecular complexity index is 919. The minimum atomic E-state index is -0.226. The van der Waals surface area contributed by atoms with E-state index in [0.717, 1.165) is 35.8 Å². The highest BCUT2D eigenvalue weighted by atomic mass is 35.5. The van der Waals surface area contributed by atoms with Crippen LogP contribution in [0.3, 0.4) is 0 Å². The van der Waals surface area contributed by atoms with Crippen molar-refractivity contribution in [2.45, 2.75) is 13.0 Å². The van der Waals surface area contributed by atoms with Crippen molar-refractivity contribution >= 4 is 45.3 Å². The van der Waals surface area contributed by atoms with Gasteiger partial charge >= 0.3 is 0 Å². The zero-order chi connectivity index (χ0) is 17.4. The van der Waals surface area contributed by atoms with Crippen LogP contribution in [0, 0.1) is 0 Å². The number of carbonyl (C=O) groups excluding carboxylic acids is 1. The molecule has 1 aliphatic rings. The van der Waals surface area contributed by atoms with Crippen molar-refractivity contribution in [2.75, 3.05) is 18.9 Å². The highest BCUT2D eigenvalue weighted by Crippen LogP contribution is 2.29. The normalized spacial score (nSPS) is 14.3. The molecule has 128 valence electrons. The minimum absolute atomic E-state index is 0.226. The summed E-state index contributed by atoms with van der Waals surface area (Å²) < 4.78 is 0. The number of anilines is 1. The number of nitrogens with one attached hydrogen (secondary N) is 1. The quantitative estimate of drug-likeness (QED) is 0.729. The number of carbonyl (C=O) groups is 1. The SMILES string of the molecule is CN1CCc2nc(NC(=O)c3csc(-c4ccc(Cl)cc4)n3)sc2C1. The van der Waals surface area contributed by atoms with E-state index in [1.165, 1.54) is 16.2 Å². The van der Waals surface area contributed by atoms with Crippen LogP contribution in [0.1, 0.15) is 21.1 Å². The van der Waals surface area contributed by atoms with Gasteiger partial charge in [0, 0.05) is 40.4 Å². The first-order valence-electron chi connectivity index (χ1n) is 7.78. The van der Waals surface area contributed by atoms with E-state index in [1.54, 1.807) is 16.7 Å². The first kappa shape index (κ1) is 16.7. The predicted octanol–water partition coefficient (Wildman–Crippen LogP) is 4.16. The molecule has 5 nitrogen and oxygen atoms in total. The molecule has 0 saturated heterocycles. The van der Waals surface area contributed by atoms with Gasteiger partial charge in [0.15, 0.2) is 5.13 Å². The molecule has 2 aromatic heterocycles.